The quantitative estimate of drug-likeness (QED) is 0.731. The monoisotopic (exact) mass is 192 g/mol. The standard InChI is InChI=1S/C12H16O2/c1-10-2-4-11(5-3-10)8-14-12-6-7-13-9-12/h2-5,12H,6-9H2,1H3. The van der Waals surface area contributed by atoms with Crippen LogP contribution in [0.25, 0.3) is 0 Å². The fraction of sp³-hybridized carbons (Fsp3) is 0.500. The van der Waals surface area contributed by atoms with Gasteiger partial charge in [0.05, 0.1) is 19.3 Å². The van der Waals surface area contributed by atoms with Crippen molar-refractivity contribution in [3.05, 3.63) is 35.4 Å². The lowest BCUT2D eigenvalue weighted by Crippen LogP contribution is -2.11. The average Bonchev–Trinajstić information content (AvgIpc) is 2.70. The lowest BCUT2D eigenvalue weighted by Gasteiger charge is -2.09. The molecule has 0 spiro atoms. The molecule has 1 atom stereocenters. The van der Waals surface area contributed by atoms with Crippen LogP contribution in [-0.4, -0.2) is 19.3 Å². The maximum Gasteiger partial charge on any atom is 0.0834 e. The fourth-order valence-corrected chi connectivity index (χ4v) is 1.54. The lowest BCUT2D eigenvalue weighted by atomic mass is 10.2. The van der Waals surface area contributed by atoms with Crippen molar-refractivity contribution in [1.82, 2.24) is 0 Å². The van der Waals surface area contributed by atoms with Gasteiger partial charge in [0, 0.05) is 6.61 Å². The topological polar surface area (TPSA) is 18.5 Å². The van der Waals surface area contributed by atoms with Crippen LogP contribution in [0.2, 0.25) is 0 Å². The molecule has 1 unspecified atom stereocenters. The Morgan fingerprint density at radius 1 is 1.36 bits per heavy atom. The molecule has 0 aromatic heterocycles. The van der Waals surface area contributed by atoms with Crippen LogP contribution in [0, 0.1) is 6.92 Å². The van der Waals surface area contributed by atoms with Crippen molar-refractivity contribution in [1.29, 1.82) is 0 Å². The van der Waals surface area contributed by atoms with Crippen molar-refractivity contribution in [2.45, 2.75) is 26.1 Å². The highest BCUT2D eigenvalue weighted by Crippen LogP contribution is 2.11. The molecular weight excluding hydrogens is 176 g/mol. The van der Waals surface area contributed by atoms with E-state index in [1.54, 1.807) is 0 Å². The molecular formula is C12H16O2. The lowest BCUT2D eigenvalue weighted by molar-refractivity contribution is 0.0317. The third kappa shape index (κ3) is 2.56. The molecule has 0 bridgehead atoms. The van der Waals surface area contributed by atoms with E-state index in [9.17, 15) is 0 Å². The number of aryl methyl sites for hydroxylation is 1. The van der Waals surface area contributed by atoms with E-state index < -0.39 is 0 Å². The molecule has 1 aliphatic heterocycles. The minimum absolute atomic E-state index is 0.302. The number of rotatable bonds is 3. The molecule has 1 fully saturated rings. The normalized spacial score (nSPS) is 21.4. The number of ether oxygens (including phenoxy) is 2. The van der Waals surface area contributed by atoms with Gasteiger partial charge in [0.25, 0.3) is 0 Å². The summed E-state index contributed by atoms with van der Waals surface area (Å²) in [7, 11) is 0. The first-order chi connectivity index (χ1) is 6.84. The van der Waals surface area contributed by atoms with E-state index in [1.807, 2.05) is 0 Å². The number of benzene rings is 1. The first kappa shape index (κ1) is 9.69. The zero-order chi connectivity index (χ0) is 9.80. The highest BCUT2D eigenvalue weighted by Gasteiger charge is 2.15. The maximum absolute atomic E-state index is 5.70. The Bertz CT molecular complexity index is 273. The Kier molecular flexibility index (Phi) is 3.17. The molecule has 0 amide bonds. The molecule has 1 aromatic carbocycles. The van der Waals surface area contributed by atoms with Crippen molar-refractivity contribution < 1.29 is 9.47 Å². The van der Waals surface area contributed by atoms with E-state index in [-0.39, 0.29) is 0 Å². The molecule has 14 heavy (non-hydrogen) atoms. The van der Waals surface area contributed by atoms with E-state index in [4.69, 9.17) is 9.47 Å². The van der Waals surface area contributed by atoms with Crippen molar-refractivity contribution in [3.8, 4) is 0 Å². The smallest absolute Gasteiger partial charge is 0.0834 e. The zero-order valence-electron chi connectivity index (χ0n) is 8.53. The van der Waals surface area contributed by atoms with Gasteiger partial charge in [-0.3, -0.25) is 0 Å². The molecule has 0 radical (unpaired) electrons. The molecule has 2 heteroatoms. The highest BCUT2D eigenvalue weighted by atomic mass is 16.5. The summed E-state index contributed by atoms with van der Waals surface area (Å²) in [4.78, 5) is 0. The second-order valence-corrected chi connectivity index (χ2v) is 3.78. The van der Waals surface area contributed by atoms with Crippen LogP contribution < -0.4 is 0 Å². The Morgan fingerprint density at radius 2 is 2.14 bits per heavy atom. The summed E-state index contributed by atoms with van der Waals surface area (Å²) >= 11 is 0. The first-order valence-corrected chi connectivity index (χ1v) is 5.09. The van der Waals surface area contributed by atoms with Crippen LogP contribution in [0.1, 0.15) is 17.5 Å². The van der Waals surface area contributed by atoms with Crippen molar-refractivity contribution in [2.75, 3.05) is 13.2 Å². The van der Waals surface area contributed by atoms with Gasteiger partial charge >= 0.3 is 0 Å². The summed E-state index contributed by atoms with van der Waals surface area (Å²) in [5.74, 6) is 0. The minimum Gasteiger partial charge on any atom is -0.379 e. The average molecular weight is 192 g/mol. The second-order valence-electron chi connectivity index (χ2n) is 3.78. The van der Waals surface area contributed by atoms with Crippen LogP contribution in [0.5, 0.6) is 0 Å². The Hall–Kier alpha value is -0.860. The summed E-state index contributed by atoms with van der Waals surface area (Å²) in [5.41, 5.74) is 2.53. The van der Waals surface area contributed by atoms with E-state index in [0.29, 0.717) is 12.7 Å². The fourth-order valence-electron chi connectivity index (χ4n) is 1.54. The molecule has 1 aromatic rings. The van der Waals surface area contributed by atoms with E-state index >= 15 is 0 Å². The summed E-state index contributed by atoms with van der Waals surface area (Å²) in [5, 5.41) is 0. The summed E-state index contributed by atoms with van der Waals surface area (Å²) in [6.07, 6.45) is 1.34. The van der Waals surface area contributed by atoms with Crippen molar-refractivity contribution in [3.63, 3.8) is 0 Å². The van der Waals surface area contributed by atoms with Gasteiger partial charge < -0.3 is 9.47 Å². The van der Waals surface area contributed by atoms with Crippen LogP contribution in [0.3, 0.4) is 0 Å². The summed E-state index contributed by atoms with van der Waals surface area (Å²) in [6.45, 7) is 4.40. The van der Waals surface area contributed by atoms with Crippen LogP contribution in [0.15, 0.2) is 24.3 Å². The van der Waals surface area contributed by atoms with Gasteiger partial charge in [0.2, 0.25) is 0 Å². The maximum atomic E-state index is 5.70. The molecule has 0 saturated carbocycles. The van der Waals surface area contributed by atoms with Gasteiger partial charge in [-0.05, 0) is 18.9 Å². The molecule has 1 heterocycles. The zero-order valence-corrected chi connectivity index (χ0v) is 8.53. The molecule has 1 aliphatic rings. The van der Waals surface area contributed by atoms with Gasteiger partial charge in [-0.2, -0.15) is 0 Å². The SMILES string of the molecule is Cc1ccc(COC2CCOC2)cc1. The van der Waals surface area contributed by atoms with Gasteiger partial charge in [0.15, 0.2) is 0 Å². The summed E-state index contributed by atoms with van der Waals surface area (Å²) in [6, 6.07) is 8.46. The summed E-state index contributed by atoms with van der Waals surface area (Å²) < 4.78 is 10.9. The predicted molar refractivity (Wildman–Crippen MR) is 55.2 cm³/mol. The third-order valence-corrected chi connectivity index (χ3v) is 2.49. The van der Waals surface area contributed by atoms with E-state index in [2.05, 4.69) is 31.2 Å². The van der Waals surface area contributed by atoms with Crippen LogP contribution in [0.4, 0.5) is 0 Å². The number of hydrogen-bond acceptors (Lipinski definition) is 2. The minimum atomic E-state index is 0.302. The molecule has 2 nitrogen and oxygen atoms in total. The Morgan fingerprint density at radius 3 is 2.79 bits per heavy atom. The number of hydrogen-bond donors (Lipinski definition) is 0. The molecule has 0 N–H and O–H groups in total. The Labute approximate surface area is 84.8 Å². The van der Waals surface area contributed by atoms with Crippen molar-refractivity contribution >= 4 is 0 Å². The van der Waals surface area contributed by atoms with E-state index in [1.165, 1.54) is 11.1 Å². The van der Waals surface area contributed by atoms with E-state index in [0.717, 1.165) is 19.6 Å². The first-order valence-electron chi connectivity index (χ1n) is 5.09. The predicted octanol–water partition coefficient (Wildman–Crippen LogP) is 2.30. The van der Waals surface area contributed by atoms with Gasteiger partial charge in [-0.1, -0.05) is 29.8 Å². The largest absolute Gasteiger partial charge is 0.379 e. The third-order valence-electron chi connectivity index (χ3n) is 2.49. The van der Waals surface area contributed by atoms with Crippen molar-refractivity contribution in [2.24, 2.45) is 0 Å². The molecule has 76 valence electrons. The van der Waals surface area contributed by atoms with Gasteiger partial charge in [0.1, 0.15) is 0 Å². The second kappa shape index (κ2) is 4.58. The highest BCUT2D eigenvalue weighted by molar-refractivity contribution is 5.20. The Balaban J connectivity index is 1.82. The van der Waals surface area contributed by atoms with Gasteiger partial charge in [-0.15, -0.1) is 0 Å². The molecule has 2 rings (SSSR count). The molecule has 1 saturated heterocycles. The van der Waals surface area contributed by atoms with Crippen LogP contribution >= 0.6 is 0 Å². The van der Waals surface area contributed by atoms with Crippen LogP contribution in [-0.2, 0) is 16.1 Å². The molecule has 0 aliphatic carbocycles. The van der Waals surface area contributed by atoms with Gasteiger partial charge in [-0.25, -0.2) is 0 Å².